The molecule has 0 saturated carbocycles. The second-order valence-corrected chi connectivity index (χ2v) is 5.77. The predicted molar refractivity (Wildman–Crippen MR) is 76.7 cm³/mol. The van der Waals surface area contributed by atoms with E-state index < -0.39 is 0 Å². The van der Waals surface area contributed by atoms with Crippen molar-refractivity contribution >= 4 is 11.6 Å². The summed E-state index contributed by atoms with van der Waals surface area (Å²) in [7, 11) is 0. The van der Waals surface area contributed by atoms with E-state index in [9.17, 15) is 4.79 Å². The third-order valence-electron chi connectivity index (χ3n) is 3.52. The van der Waals surface area contributed by atoms with Crippen LogP contribution in [0.4, 0.5) is 5.69 Å². The van der Waals surface area contributed by atoms with Gasteiger partial charge >= 0.3 is 0 Å². The van der Waals surface area contributed by atoms with Gasteiger partial charge in [-0.3, -0.25) is 4.79 Å². The molecule has 0 aromatic heterocycles. The van der Waals surface area contributed by atoms with Crippen molar-refractivity contribution in [2.24, 2.45) is 11.1 Å². The normalized spacial score (nSPS) is 11.4. The molecule has 1 aromatic carbocycles. The van der Waals surface area contributed by atoms with Gasteiger partial charge in [0.1, 0.15) is 0 Å². The molecule has 3 heteroatoms. The first-order valence-corrected chi connectivity index (χ1v) is 6.33. The zero-order valence-electron chi connectivity index (χ0n) is 12.1. The maximum atomic E-state index is 12.0. The second kappa shape index (κ2) is 5.53. The highest BCUT2D eigenvalue weighted by atomic mass is 16.1. The van der Waals surface area contributed by atoms with Gasteiger partial charge in [-0.05, 0) is 55.5 Å². The first-order valence-electron chi connectivity index (χ1n) is 6.33. The molecule has 0 aliphatic rings. The summed E-state index contributed by atoms with van der Waals surface area (Å²) in [4.78, 5) is 12.0. The van der Waals surface area contributed by atoms with Crippen molar-refractivity contribution in [1.29, 1.82) is 0 Å². The first-order chi connectivity index (χ1) is 8.26. The number of rotatable bonds is 4. The molecule has 0 saturated heterocycles. The predicted octanol–water partition coefficient (Wildman–Crippen LogP) is 2.93. The van der Waals surface area contributed by atoms with Gasteiger partial charge in [0.25, 0.3) is 0 Å². The number of benzene rings is 1. The number of anilines is 1. The van der Waals surface area contributed by atoms with E-state index in [1.165, 1.54) is 11.1 Å². The lowest BCUT2D eigenvalue weighted by Crippen LogP contribution is -2.29. The minimum Gasteiger partial charge on any atom is -0.330 e. The van der Waals surface area contributed by atoms with Gasteiger partial charge in [0.2, 0.25) is 5.91 Å². The minimum absolute atomic E-state index is 0.0248. The Morgan fingerprint density at radius 3 is 2.39 bits per heavy atom. The van der Waals surface area contributed by atoms with Gasteiger partial charge < -0.3 is 11.1 Å². The molecule has 0 heterocycles. The van der Waals surface area contributed by atoms with Crippen LogP contribution in [0.1, 0.15) is 37.0 Å². The molecular formula is C15H24N2O. The molecule has 1 amide bonds. The van der Waals surface area contributed by atoms with Gasteiger partial charge in [0.15, 0.2) is 0 Å². The van der Waals surface area contributed by atoms with Crippen molar-refractivity contribution in [3.63, 3.8) is 0 Å². The Hall–Kier alpha value is -1.35. The SMILES string of the molecule is Cc1ccc(NC(=O)CC(C)(C)CN)c(C)c1C. The lowest BCUT2D eigenvalue weighted by molar-refractivity contribution is -0.117. The molecule has 0 bridgehead atoms. The van der Waals surface area contributed by atoms with Gasteiger partial charge in [-0.2, -0.15) is 0 Å². The van der Waals surface area contributed by atoms with E-state index in [2.05, 4.69) is 19.2 Å². The van der Waals surface area contributed by atoms with E-state index in [0.29, 0.717) is 13.0 Å². The lowest BCUT2D eigenvalue weighted by atomic mass is 9.89. The molecule has 0 atom stereocenters. The fourth-order valence-electron chi connectivity index (χ4n) is 1.79. The summed E-state index contributed by atoms with van der Waals surface area (Å²) in [5, 5.41) is 2.97. The zero-order valence-corrected chi connectivity index (χ0v) is 12.1. The van der Waals surface area contributed by atoms with E-state index in [-0.39, 0.29) is 11.3 Å². The molecule has 0 radical (unpaired) electrons. The van der Waals surface area contributed by atoms with Crippen LogP contribution in [-0.4, -0.2) is 12.5 Å². The molecule has 0 unspecified atom stereocenters. The van der Waals surface area contributed by atoms with Gasteiger partial charge in [-0.1, -0.05) is 19.9 Å². The quantitative estimate of drug-likeness (QED) is 0.860. The van der Waals surface area contributed by atoms with Crippen LogP contribution in [0.3, 0.4) is 0 Å². The number of carbonyl (C=O) groups is 1. The molecule has 1 rings (SSSR count). The lowest BCUT2D eigenvalue weighted by Gasteiger charge is -2.22. The van der Waals surface area contributed by atoms with Crippen LogP contribution in [0.5, 0.6) is 0 Å². The van der Waals surface area contributed by atoms with Gasteiger partial charge in [-0.25, -0.2) is 0 Å². The van der Waals surface area contributed by atoms with Crippen molar-refractivity contribution in [3.8, 4) is 0 Å². The molecule has 0 aliphatic carbocycles. The second-order valence-electron chi connectivity index (χ2n) is 5.77. The standard InChI is InChI=1S/C15H24N2O/c1-10-6-7-13(12(3)11(10)2)17-14(18)8-15(4,5)9-16/h6-7H,8-9,16H2,1-5H3,(H,17,18). The number of nitrogens with one attached hydrogen (secondary N) is 1. The number of nitrogens with two attached hydrogens (primary N) is 1. The summed E-state index contributed by atoms with van der Waals surface area (Å²) in [5.74, 6) is 0.0248. The summed E-state index contributed by atoms with van der Waals surface area (Å²) in [6.45, 7) is 10.7. The van der Waals surface area contributed by atoms with E-state index >= 15 is 0 Å². The maximum Gasteiger partial charge on any atom is 0.224 e. The monoisotopic (exact) mass is 248 g/mol. The Kier molecular flexibility index (Phi) is 4.52. The smallest absolute Gasteiger partial charge is 0.224 e. The van der Waals surface area contributed by atoms with E-state index in [4.69, 9.17) is 5.73 Å². The van der Waals surface area contributed by atoms with Crippen LogP contribution < -0.4 is 11.1 Å². The summed E-state index contributed by atoms with van der Waals surface area (Å²) in [5.41, 5.74) is 9.99. The van der Waals surface area contributed by atoms with Gasteiger partial charge in [-0.15, -0.1) is 0 Å². The van der Waals surface area contributed by atoms with Crippen LogP contribution in [0.25, 0.3) is 0 Å². The molecule has 18 heavy (non-hydrogen) atoms. The maximum absolute atomic E-state index is 12.0. The van der Waals surface area contributed by atoms with E-state index in [1.807, 2.05) is 32.9 Å². The Bertz CT molecular complexity index is 450. The third-order valence-corrected chi connectivity index (χ3v) is 3.52. The van der Waals surface area contributed by atoms with Gasteiger partial charge in [0.05, 0.1) is 0 Å². The van der Waals surface area contributed by atoms with Crippen molar-refractivity contribution in [1.82, 2.24) is 0 Å². The van der Waals surface area contributed by atoms with Crippen molar-refractivity contribution < 1.29 is 4.79 Å². The van der Waals surface area contributed by atoms with E-state index in [0.717, 1.165) is 11.3 Å². The number of hydrogen-bond acceptors (Lipinski definition) is 2. The van der Waals surface area contributed by atoms with Crippen LogP contribution in [-0.2, 0) is 4.79 Å². The van der Waals surface area contributed by atoms with Crippen molar-refractivity contribution in [2.45, 2.75) is 41.0 Å². The van der Waals surface area contributed by atoms with Crippen molar-refractivity contribution in [2.75, 3.05) is 11.9 Å². The average molecular weight is 248 g/mol. The molecule has 3 nitrogen and oxygen atoms in total. The molecule has 3 N–H and O–H groups in total. The molecule has 0 spiro atoms. The number of aryl methyl sites for hydroxylation is 1. The van der Waals surface area contributed by atoms with Gasteiger partial charge in [0, 0.05) is 12.1 Å². The van der Waals surface area contributed by atoms with Crippen LogP contribution >= 0.6 is 0 Å². The molecule has 0 fully saturated rings. The van der Waals surface area contributed by atoms with E-state index in [1.54, 1.807) is 0 Å². The zero-order chi connectivity index (χ0) is 13.9. The molecule has 100 valence electrons. The first kappa shape index (κ1) is 14.7. The molecule has 1 aromatic rings. The topological polar surface area (TPSA) is 55.1 Å². The summed E-state index contributed by atoms with van der Waals surface area (Å²) in [6.07, 6.45) is 0.440. The van der Waals surface area contributed by atoms with Crippen LogP contribution in [0.2, 0.25) is 0 Å². The summed E-state index contributed by atoms with van der Waals surface area (Å²) in [6, 6.07) is 4.00. The average Bonchev–Trinajstić information content (AvgIpc) is 2.29. The highest BCUT2D eigenvalue weighted by Crippen LogP contribution is 2.23. The Labute approximate surface area is 110 Å². The number of amides is 1. The van der Waals surface area contributed by atoms with Crippen LogP contribution in [0, 0.1) is 26.2 Å². The minimum atomic E-state index is -0.155. The summed E-state index contributed by atoms with van der Waals surface area (Å²) < 4.78 is 0. The fraction of sp³-hybridized carbons (Fsp3) is 0.533. The Morgan fingerprint density at radius 2 is 1.83 bits per heavy atom. The Morgan fingerprint density at radius 1 is 1.22 bits per heavy atom. The largest absolute Gasteiger partial charge is 0.330 e. The fourth-order valence-corrected chi connectivity index (χ4v) is 1.79. The Balaban J connectivity index is 2.80. The third kappa shape index (κ3) is 3.57. The molecular weight excluding hydrogens is 224 g/mol. The highest BCUT2D eigenvalue weighted by molar-refractivity contribution is 5.92. The van der Waals surface area contributed by atoms with Crippen molar-refractivity contribution in [3.05, 3.63) is 28.8 Å². The number of hydrogen-bond donors (Lipinski definition) is 2. The number of carbonyl (C=O) groups excluding carboxylic acids is 1. The summed E-state index contributed by atoms with van der Waals surface area (Å²) >= 11 is 0. The highest BCUT2D eigenvalue weighted by Gasteiger charge is 2.20. The molecule has 0 aliphatic heterocycles. The van der Waals surface area contributed by atoms with Crippen LogP contribution in [0.15, 0.2) is 12.1 Å².